The van der Waals surface area contributed by atoms with Gasteiger partial charge in [0, 0.05) is 17.4 Å². The third-order valence-electron chi connectivity index (χ3n) is 3.15. The van der Waals surface area contributed by atoms with E-state index in [4.69, 9.17) is 5.84 Å². The molecule has 22 heavy (non-hydrogen) atoms. The van der Waals surface area contributed by atoms with Gasteiger partial charge in [0.05, 0.1) is 11.1 Å². The average Bonchev–Trinajstić information content (AvgIpc) is 2.46. The van der Waals surface area contributed by atoms with Crippen LogP contribution in [-0.2, 0) is 6.18 Å². The molecule has 1 aromatic carbocycles. The first-order valence-corrected chi connectivity index (χ1v) is 6.17. The van der Waals surface area contributed by atoms with E-state index in [1.165, 1.54) is 25.1 Å². The van der Waals surface area contributed by atoms with Crippen molar-refractivity contribution in [2.75, 3.05) is 0 Å². The van der Waals surface area contributed by atoms with Gasteiger partial charge in [0.15, 0.2) is 0 Å². The maximum Gasteiger partial charge on any atom is 0.416 e. The van der Waals surface area contributed by atoms with Gasteiger partial charge in [-0.05, 0) is 31.2 Å². The molecule has 8 heteroatoms. The smallest absolute Gasteiger partial charge is 0.290 e. The third-order valence-corrected chi connectivity index (χ3v) is 3.15. The summed E-state index contributed by atoms with van der Waals surface area (Å²) in [7, 11) is 0. The molecule has 0 aliphatic rings. The van der Waals surface area contributed by atoms with Crippen LogP contribution in [0, 0.1) is 6.92 Å². The second kappa shape index (κ2) is 5.64. The van der Waals surface area contributed by atoms with Crippen molar-refractivity contribution in [1.82, 2.24) is 9.99 Å². The van der Waals surface area contributed by atoms with Crippen molar-refractivity contribution in [3.05, 3.63) is 63.6 Å². The Balaban J connectivity index is 2.68. The molecule has 2 aromatic rings. The Kier molecular flexibility index (Phi) is 4.05. The molecule has 1 amide bonds. The highest BCUT2D eigenvalue weighted by molar-refractivity contribution is 5.94. The largest absolute Gasteiger partial charge is 0.416 e. The summed E-state index contributed by atoms with van der Waals surface area (Å²) in [6.45, 7) is 1.45. The minimum atomic E-state index is -4.53. The van der Waals surface area contributed by atoms with E-state index in [9.17, 15) is 22.8 Å². The van der Waals surface area contributed by atoms with Crippen molar-refractivity contribution in [2.24, 2.45) is 5.84 Å². The lowest BCUT2D eigenvalue weighted by molar-refractivity contribution is -0.137. The second-order valence-electron chi connectivity index (χ2n) is 4.53. The van der Waals surface area contributed by atoms with Crippen LogP contribution in [0.15, 0.2) is 41.2 Å². The van der Waals surface area contributed by atoms with Crippen LogP contribution in [0.3, 0.4) is 0 Å². The van der Waals surface area contributed by atoms with Crippen molar-refractivity contribution in [1.29, 1.82) is 0 Å². The minimum Gasteiger partial charge on any atom is -0.290 e. The molecule has 0 fully saturated rings. The summed E-state index contributed by atoms with van der Waals surface area (Å²) in [6, 6.07) is 6.66. The van der Waals surface area contributed by atoms with Gasteiger partial charge >= 0.3 is 6.18 Å². The predicted molar refractivity (Wildman–Crippen MR) is 73.4 cm³/mol. The maximum atomic E-state index is 12.8. The van der Waals surface area contributed by atoms with Gasteiger partial charge in [0.25, 0.3) is 11.5 Å². The number of alkyl halides is 3. The van der Waals surface area contributed by atoms with Crippen LogP contribution in [0.2, 0.25) is 0 Å². The first-order chi connectivity index (χ1) is 10.3. The number of amides is 1. The number of hydrazine groups is 1. The van der Waals surface area contributed by atoms with E-state index < -0.39 is 23.2 Å². The Morgan fingerprint density at radius 1 is 1.23 bits per heavy atom. The van der Waals surface area contributed by atoms with Gasteiger partial charge in [-0.3, -0.25) is 19.6 Å². The summed E-state index contributed by atoms with van der Waals surface area (Å²) in [5.74, 6) is 4.40. The summed E-state index contributed by atoms with van der Waals surface area (Å²) in [6.07, 6.45) is -4.53. The van der Waals surface area contributed by atoms with E-state index in [1.54, 1.807) is 0 Å². The number of hydrogen-bond donors (Lipinski definition) is 2. The maximum absolute atomic E-state index is 12.8. The van der Waals surface area contributed by atoms with Gasteiger partial charge < -0.3 is 0 Å². The molecule has 0 atom stereocenters. The zero-order chi connectivity index (χ0) is 16.5. The number of rotatable bonds is 2. The van der Waals surface area contributed by atoms with Gasteiger partial charge in [-0.1, -0.05) is 6.07 Å². The number of hydrogen-bond acceptors (Lipinski definition) is 3. The van der Waals surface area contributed by atoms with E-state index in [1.807, 2.05) is 5.43 Å². The molecule has 0 unspecified atom stereocenters. The van der Waals surface area contributed by atoms with E-state index in [0.29, 0.717) is 0 Å². The fourth-order valence-corrected chi connectivity index (χ4v) is 2.10. The zero-order valence-electron chi connectivity index (χ0n) is 11.4. The lowest BCUT2D eigenvalue weighted by Crippen LogP contribution is -2.33. The van der Waals surface area contributed by atoms with E-state index in [2.05, 4.69) is 0 Å². The van der Waals surface area contributed by atoms with E-state index in [0.717, 1.165) is 22.8 Å². The Morgan fingerprint density at radius 3 is 2.50 bits per heavy atom. The Morgan fingerprint density at radius 2 is 1.91 bits per heavy atom. The summed E-state index contributed by atoms with van der Waals surface area (Å²) in [5, 5.41) is 0. The highest BCUT2D eigenvalue weighted by Gasteiger charge is 2.30. The molecular weight excluding hydrogens is 299 g/mol. The summed E-state index contributed by atoms with van der Waals surface area (Å²) < 4.78 is 39.4. The van der Waals surface area contributed by atoms with Crippen LogP contribution >= 0.6 is 0 Å². The van der Waals surface area contributed by atoms with Crippen molar-refractivity contribution >= 4 is 5.91 Å². The predicted octanol–water partition coefficient (Wildman–Crippen LogP) is 1.77. The van der Waals surface area contributed by atoms with Crippen LogP contribution in [0.5, 0.6) is 0 Å². The number of halogens is 3. The molecule has 116 valence electrons. The monoisotopic (exact) mass is 311 g/mol. The topological polar surface area (TPSA) is 77.1 Å². The van der Waals surface area contributed by atoms with Gasteiger partial charge in [-0.25, -0.2) is 5.84 Å². The Bertz CT molecular complexity index is 782. The SMILES string of the molecule is Cc1c(C(=O)NN)ccc(=O)n1-c1cccc(C(F)(F)F)c1. The Hall–Kier alpha value is -2.61. The zero-order valence-corrected chi connectivity index (χ0v) is 11.4. The average molecular weight is 311 g/mol. The van der Waals surface area contributed by atoms with Crippen molar-refractivity contribution in [2.45, 2.75) is 13.1 Å². The fourth-order valence-electron chi connectivity index (χ4n) is 2.10. The third kappa shape index (κ3) is 2.86. The number of nitrogens with zero attached hydrogens (tertiary/aromatic N) is 1. The van der Waals surface area contributed by atoms with E-state index >= 15 is 0 Å². The number of carbonyl (C=O) groups is 1. The minimum absolute atomic E-state index is 0.0176. The quantitative estimate of drug-likeness (QED) is 0.504. The van der Waals surface area contributed by atoms with Crippen molar-refractivity contribution < 1.29 is 18.0 Å². The first-order valence-electron chi connectivity index (χ1n) is 6.17. The fraction of sp³-hybridized carbons (Fsp3) is 0.143. The standard InChI is InChI=1S/C14H12F3N3O2/c1-8-11(13(22)19-18)5-6-12(21)20(8)10-4-2-3-9(7-10)14(15,16)17/h2-7H,18H2,1H3,(H,19,22). The number of nitrogens with one attached hydrogen (secondary N) is 1. The lowest BCUT2D eigenvalue weighted by Gasteiger charge is -2.15. The van der Waals surface area contributed by atoms with E-state index in [-0.39, 0.29) is 16.9 Å². The molecule has 2 rings (SSSR count). The van der Waals surface area contributed by atoms with Crippen molar-refractivity contribution in [3.8, 4) is 5.69 Å². The van der Waals surface area contributed by atoms with Gasteiger partial charge in [-0.15, -0.1) is 0 Å². The number of benzene rings is 1. The number of nitrogen functional groups attached to an aromatic ring is 1. The number of pyridine rings is 1. The second-order valence-corrected chi connectivity index (χ2v) is 4.53. The summed E-state index contributed by atoms with van der Waals surface area (Å²) >= 11 is 0. The van der Waals surface area contributed by atoms with Gasteiger partial charge in [-0.2, -0.15) is 13.2 Å². The molecule has 1 heterocycles. The number of aromatic nitrogens is 1. The number of nitrogens with two attached hydrogens (primary N) is 1. The van der Waals surface area contributed by atoms with Gasteiger partial charge in [0.2, 0.25) is 0 Å². The van der Waals surface area contributed by atoms with Crippen LogP contribution in [-0.4, -0.2) is 10.5 Å². The normalized spacial score (nSPS) is 11.3. The Labute approximate surface area is 123 Å². The highest BCUT2D eigenvalue weighted by Crippen LogP contribution is 2.30. The summed E-state index contributed by atoms with van der Waals surface area (Å²) in [5.41, 5.74) is 0.791. The van der Waals surface area contributed by atoms with Crippen LogP contribution in [0.25, 0.3) is 5.69 Å². The molecule has 1 aromatic heterocycles. The molecular formula is C14H12F3N3O2. The molecule has 0 aliphatic carbocycles. The number of carbonyl (C=O) groups excluding carboxylic acids is 1. The molecule has 0 saturated heterocycles. The summed E-state index contributed by atoms with van der Waals surface area (Å²) in [4.78, 5) is 23.6. The molecule has 5 nitrogen and oxygen atoms in total. The lowest BCUT2D eigenvalue weighted by atomic mass is 10.1. The highest BCUT2D eigenvalue weighted by atomic mass is 19.4. The molecule has 0 bridgehead atoms. The van der Waals surface area contributed by atoms with Gasteiger partial charge in [0.1, 0.15) is 0 Å². The molecule has 0 spiro atoms. The molecule has 0 saturated carbocycles. The van der Waals surface area contributed by atoms with Crippen LogP contribution in [0.1, 0.15) is 21.6 Å². The molecule has 0 radical (unpaired) electrons. The molecule has 0 aliphatic heterocycles. The molecule has 3 N–H and O–H groups in total. The van der Waals surface area contributed by atoms with Crippen LogP contribution < -0.4 is 16.8 Å². The van der Waals surface area contributed by atoms with Crippen LogP contribution in [0.4, 0.5) is 13.2 Å². The first kappa shape index (κ1) is 15.8. The van der Waals surface area contributed by atoms with Crippen molar-refractivity contribution in [3.63, 3.8) is 0 Å².